The first-order valence-electron chi connectivity index (χ1n) is 12.4. The highest BCUT2D eigenvalue weighted by molar-refractivity contribution is 7.89. The van der Waals surface area contributed by atoms with Crippen LogP contribution in [0.25, 0.3) is 0 Å². The maximum atomic E-state index is 12.8. The molecule has 38 heavy (non-hydrogen) atoms. The molecule has 10 nitrogen and oxygen atoms in total. The van der Waals surface area contributed by atoms with Crippen LogP contribution in [-0.2, 0) is 32.5 Å². The standard InChI is InChI=1S/C27H33N5O5S/c1-17-13-14-21(15-23(17)38(36,37)28-4)16-24-30-27(35)25(32-31-24)18(2)29-26(34)22(19(3)33)12-8-11-20-9-6-5-7-10-20/h5-7,9-10,13-15,18,22,28H,8,11-12,16H2,1-4H3,(H,29,34)(H,30,31,35). The van der Waals surface area contributed by atoms with Crippen molar-refractivity contribution in [3.8, 4) is 0 Å². The molecule has 1 amide bonds. The number of amides is 1. The van der Waals surface area contributed by atoms with Gasteiger partial charge in [0.05, 0.1) is 16.9 Å². The normalized spacial score (nSPS) is 13.1. The molecule has 202 valence electrons. The highest BCUT2D eigenvalue weighted by atomic mass is 32.2. The zero-order valence-electron chi connectivity index (χ0n) is 21.9. The van der Waals surface area contributed by atoms with E-state index in [-0.39, 0.29) is 28.6 Å². The number of rotatable bonds is 12. The van der Waals surface area contributed by atoms with Gasteiger partial charge in [0.1, 0.15) is 17.3 Å². The Morgan fingerprint density at radius 1 is 1.05 bits per heavy atom. The van der Waals surface area contributed by atoms with E-state index in [1.165, 1.54) is 20.0 Å². The minimum absolute atomic E-state index is 0.0102. The first-order valence-corrected chi connectivity index (χ1v) is 13.8. The van der Waals surface area contributed by atoms with E-state index in [0.717, 1.165) is 12.0 Å². The van der Waals surface area contributed by atoms with Crippen LogP contribution in [0.3, 0.4) is 0 Å². The van der Waals surface area contributed by atoms with Crippen LogP contribution in [0, 0.1) is 12.8 Å². The second-order valence-electron chi connectivity index (χ2n) is 9.24. The van der Waals surface area contributed by atoms with E-state index in [0.29, 0.717) is 24.0 Å². The predicted molar refractivity (Wildman–Crippen MR) is 143 cm³/mol. The summed E-state index contributed by atoms with van der Waals surface area (Å²) in [6, 6.07) is 14.0. The molecule has 3 aromatic rings. The number of H-pyrrole nitrogens is 1. The lowest BCUT2D eigenvalue weighted by atomic mass is 9.95. The number of nitrogens with zero attached hydrogens (tertiary/aromatic N) is 2. The van der Waals surface area contributed by atoms with Gasteiger partial charge >= 0.3 is 0 Å². The Bertz CT molecular complexity index is 1450. The molecule has 2 unspecified atom stereocenters. The molecular formula is C27H33N5O5S. The van der Waals surface area contributed by atoms with Crippen molar-refractivity contribution < 1.29 is 18.0 Å². The van der Waals surface area contributed by atoms with Crippen LogP contribution in [0.2, 0.25) is 0 Å². The summed E-state index contributed by atoms with van der Waals surface area (Å²) in [5, 5.41) is 10.8. The third kappa shape index (κ3) is 7.42. The second-order valence-corrected chi connectivity index (χ2v) is 11.1. The van der Waals surface area contributed by atoms with Crippen LogP contribution >= 0.6 is 0 Å². The number of hydrogen-bond donors (Lipinski definition) is 3. The summed E-state index contributed by atoms with van der Waals surface area (Å²) < 4.78 is 26.8. The molecule has 3 rings (SSSR count). The number of sulfonamides is 1. The molecule has 2 atom stereocenters. The highest BCUT2D eigenvalue weighted by Crippen LogP contribution is 2.18. The number of aromatic amines is 1. The molecule has 0 aliphatic rings. The number of Topliss-reactive ketones (excluding diaryl/α,β-unsaturated/α-hetero) is 1. The molecule has 0 aliphatic carbocycles. The third-order valence-electron chi connectivity index (χ3n) is 6.33. The van der Waals surface area contributed by atoms with Crippen molar-refractivity contribution in [3.63, 3.8) is 0 Å². The summed E-state index contributed by atoms with van der Waals surface area (Å²) >= 11 is 0. The average Bonchev–Trinajstić information content (AvgIpc) is 2.88. The molecule has 3 N–H and O–H groups in total. The molecule has 0 fully saturated rings. The van der Waals surface area contributed by atoms with Crippen molar-refractivity contribution in [2.45, 2.75) is 57.4 Å². The van der Waals surface area contributed by atoms with Crippen molar-refractivity contribution in [1.29, 1.82) is 0 Å². The van der Waals surface area contributed by atoms with Crippen LogP contribution in [-0.4, -0.2) is 42.3 Å². The summed E-state index contributed by atoms with van der Waals surface area (Å²) in [7, 11) is -2.30. The van der Waals surface area contributed by atoms with Crippen LogP contribution in [0.15, 0.2) is 58.2 Å². The van der Waals surface area contributed by atoms with Gasteiger partial charge in [-0.2, -0.15) is 0 Å². The molecule has 0 bridgehead atoms. The van der Waals surface area contributed by atoms with E-state index < -0.39 is 33.4 Å². The van der Waals surface area contributed by atoms with E-state index in [1.807, 2.05) is 30.3 Å². The second kappa shape index (κ2) is 12.7. The zero-order chi connectivity index (χ0) is 27.9. The fourth-order valence-electron chi connectivity index (χ4n) is 4.15. The maximum absolute atomic E-state index is 12.8. The minimum Gasteiger partial charge on any atom is -0.347 e. The van der Waals surface area contributed by atoms with Gasteiger partial charge in [-0.05, 0) is 69.8 Å². The molecule has 2 aromatic carbocycles. The monoisotopic (exact) mass is 539 g/mol. The fourth-order valence-corrected chi connectivity index (χ4v) is 5.16. The lowest BCUT2D eigenvalue weighted by molar-refractivity contribution is -0.133. The number of carbonyl (C=O) groups is 2. The number of ketones is 1. The number of nitrogens with one attached hydrogen (secondary N) is 3. The summed E-state index contributed by atoms with van der Waals surface area (Å²) in [6.45, 7) is 4.68. The van der Waals surface area contributed by atoms with Crippen molar-refractivity contribution in [2.24, 2.45) is 5.92 Å². The van der Waals surface area contributed by atoms with E-state index in [4.69, 9.17) is 0 Å². The largest absolute Gasteiger partial charge is 0.347 e. The fraction of sp³-hybridized carbons (Fsp3) is 0.370. The molecule has 1 aromatic heterocycles. The quantitative estimate of drug-likeness (QED) is 0.299. The Morgan fingerprint density at radius 2 is 1.76 bits per heavy atom. The number of aromatic nitrogens is 3. The molecule has 0 radical (unpaired) electrons. The smallest absolute Gasteiger partial charge is 0.275 e. The van der Waals surface area contributed by atoms with Gasteiger partial charge in [0.2, 0.25) is 15.9 Å². The van der Waals surface area contributed by atoms with E-state index >= 15 is 0 Å². The number of carbonyl (C=O) groups excluding carboxylic acids is 2. The van der Waals surface area contributed by atoms with Gasteiger partial charge < -0.3 is 10.3 Å². The lowest BCUT2D eigenvalue weighted by Gasteiger charge is -2.18. The Morgan fingerprint density at radius 3 is 2.39 bits per heavy atom. The zero-order valence-corrected chi connectivity index (χ0v) is 22.8. The third-order valence-corrected chi connectivity index (χ3v) is 7.88. The SMILES string of the molecule is CNS(=O)(=O)c1cc(Cc2nnc(C(C)NC(=O)C(CCCc3ccccc3)C(C)=O)c(=O)[nH]2)ccc1C. The number of hydrogen-bond acceptors (Lipinski definition) is 7. The van der Waals surface area contributed by atoms with Crippen molar-refractivity contribution in [2.75, 3.05) is 7.05 Å². The highest BCUT2D eigenvalue weighted by Gasteiger charge is 2.26. The van der Waals surface area contributed by atoms with E-state index in [9.17, 15) is 22.8 Å². The van der Waals surface area contributed by atoms with Gasteiger partial charge in [-0.15, -0.1) is 10.2 Å². The van der Waals surface area contributed by atoms with Gasteiger partial charge in [0, 0.05) is 6.42 Å². The van der Waals surface area contributed by atoms with Gasteiger partial charge in [-0.1, -0.05) is 42.5 Å². The lowest BCUT2D eigenvalue weighted by Crippen LogP contribution is -2.38. The molecular weight excluding hydrogens is 506 g/mol. The summed E-state index contributed by atoms with van der Waals surface area (Å²) in [4.78, 5) is 40.5. The van der Waals surface area contributed by atoms with Gasteiger partial charge in [-0.25, -0.2) is 13.1 Å². The first kappa shape index (κ1) is 28.9. The predicted octanol–water partition coefficient (Wildman–Crippen LogP) is 2.38. The van der Waals surface area contributed by atoms with Gasteiger partial charge in [-0.3, -0.25) is 14.4 Å². The Hall–Kier alpha value is -3.70. The minimum atomic E-state index is -3.64. The Balaban J connectivity index is 1.66. The number of benzene rings is 2. The van der Waals surface area contributed by atoms with Crippen LogP contribution in [0.4, 0.5) is 0 Å². The van der Waals surface area contributed by atoms with Crippen LogP contribution in [0.1, 0.15) is 60.9 Å². The average molecular weight is 540 g/mol. The topological polar surface area (TPSA) is 151 Å². The number of aryl methyl sites for hydroxylation is 2. The van der Waals surface area contributed by atoms with Crippen molar-refractivity contribution in [1.82, 2.24) is 25.2 Å². The Labute approximate surface area is 222 Å². The Kier molecular flexibility index (Phi) is 9.65. The van der Waals surface area contributed by atoms with Crippen molar-refractivity contribution in [3.05, 3.63) is 87.1 Å². The van der Waals surface area contributed by atoms with Gasteiger partial charge in [0.25, 0.3) is 5.56 Å². The summed E-state index contributed by atoms with van der Waals surface area (Å²) in [5.41, 5.74) is 1.84. The molecule has 0 aliphatic heterocycles. The van der Waals surface area contributed by atoms with Gasteiger partial charge in [0.15, 0.2) is 0 Å². The maximum Gasteiger partial charge on any atom is 0.275 e. The molecule has 0 saturated heterocycles. The van der Waals surface area contributed by atoms with E-state index in [2.05, 4.69) is 25.2 Å². The molecule has 11 heteroatoms. The summed E-state index contributed by atoms with van der Waals surface area (Å²) in [5.74, 6) is -1.27. The molecule has 0 saturated carbocycles. The summed E-state index contributed by atoms with van der Waals surface area (Å²) in [6.07, 6.45) is 1.97. The van der Waals surface area contributed by atoms with Crippen LogP contribution < -0.4 is 15.6 Å². The molecule has 0 spiro atoms. The van der Waals surface area contributed by atoms with Crippen LogP contribution in [0.5, 0.6) is 0 Å². The van der Waals surface area contributed by atoms with Crippen molar-refractivity contribution >= 4 is 21.7 Å². The van der Waals surface area contributed by atoms with E-state index in [1.54, 1.807) is 26.0 Å². The molecule has 1 heterocycles. The first-order chi connectivity index (χ1) is 18.0.